The minimum Gasteiger partial charge on any atom is -0.326 e. The van der Waals surface area contributed by atoms with E-state index < -0.39 is 17.6 Å². The van der Waals surface area contributed by atoms with Crippen LogP contribution >= 0.6 is 12.4 Å². The zero-order chi connectivity index (χ0) is 19.8. The monoisotopic (exact) mass is 413 g/mol. The molecule has 3 N–H and O–H groups in total. The molecule has 0 saturated carbocycles. The van der Waals surface area contributed by atoms with E-state index in [1.54, 1.807) is 23.1 Å². The largest absolute Gasteiger partial charge is 0.416 e. The number of anilines is 2. The van der Waals surface area contributed by atoms with Gasteiger partial charge in [0.05, 0.1) is 5.56 Å². The van der Waals surface area contributed by atoms with Gasteiger partial charge in [-0.1, -0.05) is 0 Å². The predicted molar refractivity (Wildman–Crippen MR) is 103 cm³/mol. The van der Waals surface area contributed by atoms with Crippen molar-refractivity contribution in [3.63, 3.8) is 0 Å². The normalized spacial score (nSPS) is 13.0. The van der Waals surface area contributed by atoms with Crippen LogP contribution < -0.4 is 16.0 Å². The molecule has 150 valence electrons. The molecule has 5 nitrogen and oxygen atoms in total. The van der Waals surface area contributed by atoms with Crippen molar-refractivity contribution in [1.29, 1.82) is 0 Å². The van der Waals surface area contributed by atoms with E-state index in [-0.39, 0.29) is 36.1 Å². The fourth-order valence-corrected chi connectivity index (χ4v) is 3.12. The summed E-state index contributed by atoms with van der Waals surface area (Å²) in [6, 6.07) is 8.13. The molecular formula is C19H19ClF3N3O2. The highest BCUT2D eigenvalue weighted by Crippen LogP contribution is 2.32. The maximum absolute atomic E-state index is 13.0. The van der Waals surface area contributed by atoms with Gasteiger partial charge < -0.3 is 16.0 Å². The number of carbonyl (C=O) groups excluding carboxylic acids is 2. The van der Waals surface area contributed by atoms with Gasteiger partial charge in [-0.05, 0) is 53.9 Å². The van der Waals surface area contributed by atoms with Gasteiger partial charge in [0, 0.05) is 37.0 Å². The van der Waals surface area contributed by atoms with Crippen molar-refractivity contribution in [3.8, 4) is 0 Å². The summed E-state index contributed by atoms with van der Waals surface area (Å²) in [5, 5.41) is 2.50. The van der Waals surface area contributed by atoms with Crippen molar-refractivity contribution >= 4 is 35.6 Å². The van der Waals surface area contributed by atoms with Crippen molar-refractivity contribution < 1.29 is 22.8 Å². The molecule has 1 heterocycles. The van der Waals surface area contributed by atoms with Crippen molar-refractivity contribution in [3.05, 3.63) is 58.7 Å². The Hall–Kier alpha value is -2.58. The Morgan fingerprint density at radius 1 is 1.18 bits per heavy atom. The van der Waals surface area contributed by atoms with Gasteiger partial charge in [-0.25, -0.2) is 0 Å². The molecule has 0 spiro atoms. The number of benzene rings is 2. The van der Waals surface area contributed by atoms with E-state index in [1.165, 1.54) is 13.0 Å². The number of nitrogens with zero attached hydrogens (tertiary/aromatic N) is 1. The molecule has 2 aromatic carbocycles. The van der Waals surface area contributed by atoms with Crippen LogP contribution in [0.3, 0.4) is 0 Å². The molecule has 9 heteroatoms. The molecule has 0 bridgehead atoms. The van der Waals surface area contributed by atoms with Gasteiger partial charge in [-0.2, -0.15) is 13.2 Å². The van der Waals surface area contributed by atoms with Gasteiger partial charge >= 0.3 is 6.18 Å². The first kappa shape index (κ1) is 21.7. The quantitative estimate of drug-likeness (QED) is 0.804. The minimum absolute atomic E-state index is 0. The average Bonchev–Trinajstić information content (AvgIpc) is 3.04. The van der Waals surface area contributed by atoms with Gasteiger partial charge in [0.2, 0.25) is 5.91 Å². The van der Waals surface area contributed by atoms with E-state index in [2.05, 4.69) is 5.32 Å². The van der Waals surface area contributed by atoms with Crippen LogP contribution in [0.1, 0.15) is 34.0 Å². The van der Waals surface area contributed by atoms with E-state index in [0.717, 1.165) is 23.4 Å². The highest BCUT2D eigenvalue weighted by atomic mass is 35.5. The number of halogens is 4. The van der Waals surface area contributed by atoms with Gasteiger partial charge in [0.25, 0.3) is 5.91 Å². The van der Waals surface area contributed by atoms with E-state index in [9.17, 15) is 22.8 Å². The summed E-state index contributed by atoms with van der Waals surface area (Å²) < 4.78 is 39.0. The zero-order valence-electron chi connectivity index (χ0n) is 15.0. The van der Waals surface area contributed by atoms with E-state index in [1.807, 2.05) is 0 Å². The van der Waals surface area contributed by atoms with Crippen LogP contribution in [0.4, 0.5) is 24.5 Å². The van der Waals surface area contributed by atoms with E-state index >= 15 is 0 Å². The second-order valence-electron chi connectivity index (χ2n) is 6.34. The topological polar surface area (TPSA) is 75.4 Å². The molecule has 1 aliphatic rings. The molecule has 28 heavy (non-hydrogen) atoms. The summed E-state index contributed by atoms with van der Waals surface area (Å²) in [5.41, 5.74) is 6.80. The molecule has 0 aromatic heterocycles. The van der Waals surface area contributed by atoms with Gasteiger partial charge in [-0.15, -0.1) is 12.4 Å². The first-order valence-electron chi connectivity index (χ1n) is 8.32. The fraction of sp³-hybridized carbons (Fsp3) is 0.263. The lowest BCUT2D eigenvalue weighted by Gasteiger charge is -2.15. The lowest BCUT2D eigenvalue weighted by atomic mass is 10.1. The number of fused-ring (bicyclic) bond motifs is 1. The Balaban J connectivity index is 0.00000280. The molecule has 0 atom stereocenters. The molecule has 0 unspecified atom stereocenters. The Bertz CT molecular complexity index is 916. The van der Waals surface area contributed by atoms with Gasteiger partial charge in [0.15, 0.2) is 0 Å². The van der Waals surface area contributed by atoms with E-state index in [0.29, 0.717) is 18.5 Å². The number of hydrogen-bond donors (Lipinski definition) is 2. The van der Waals surface area contributed by atoms with Crippen LogP contribution in [0.15, 0.2) is 36.4 Å². The highest BCUT2D eigenvalue weighted by molar-refractivity contribution is 6.05. The summed E-state index contributed by atoms with van der Waals surface area (Å²) in [7, 11) is 0. The molecule has 0 aliphatic carbocycles. The van der Waals surface area contributed by atoms with Crippen molar-refractivity contribution in [2.24, 2.45) is 5.73 Å². The number of alkyl halides is 3. The van der Waals surface area contributed by atoms with Gasteiger partial charge in [0.1, 0.15) is 0 Å². The number of rotatable bonds is 3. The molecule has 3 rings (SSSR count). The van der Waals surface area contributed by atoms with Gasteiger partial charge in [-0.3, -0.25) is 9.59 Å². The number of hydrogen-bond acceptors (Lipinski definition) is 3. The number of nitrogens with one attached hydrogen (secondary N) is 1. The average molecular weight is 414 g/mol. The standard InChI is InChI=1S/C19H18F3N3O2.ClH/c1-11(26)25-5-4-13-8-14(2-3-17(13)25)18(27)24-16-7-12(10-23)6-15(9-16)19(20,21)22;/h2-3,6-9H,4-5,10,23H2,1H3,(H,24,27);1H. The third-order valence-corrected chi connectivity index (χ3v) is 4.43. The molecule has 0 saturated heterocycles. The summed E-state index contributed by atoms with van der Waals surface area (Å²) in [6.07, 6.45) is -3.91. The van der Waals surface area contributed by atoms with E-state index in [4.69, 9.17) is 5.73 Å². The first-order valence-corrected chi connectivity index (χ1v) is 8.32. The molecule has 0 radical (unpaired) electrons. The van der Waals surface area contributed by atoms with Crippen LogP contribution in [0.25, 0.3) is 0 Å². The highest BCUT2D eigenvalue weighted by Gasteiger charge is 2.31. The molecule has 1 aliphatic heterocycles. The van der Waals surface area contributed by atoms with Crippen LogP contribution in [0.5, 0.6) is 0 Å². The lowest BCUT2D eigenvalue weighted by molar-refractivity contribution is -0.137. The van der Waals surface area contributed by atoms with Crippen molar-refractivity contribution in [2.75, 3.05) is 16.8 Å². The summed E-state index contributed by atoms with van der Waals surface area (Å²) >= 11 is 0. The summed E-state index contributed by atoms with van der Waals surface area (Å²) in [6.45, 7) is 1.94. The van der Waals surface area contributed by atoms with Crippen LogP contribution in [0, 0.1) is 0 Å². The smallest absolute Gasteiger partial charge is 0.326 e. The Morgan fingerprint density at radius 3 is 2.50 bits per heavy atom. The third-order valence-electron chi connectivity index (χ3n) is 4.43. The van der Waals surface area contributed by atoms with Crippen molar-refractivity contribution in [1.82, 2.24) is 0 Å². The third kappa shape index (κ3) is 4.45. The Kier molecular flexibility index (Phi) is 6.36. The molecule has 2 aromatic rings. The number of carbonyl (C=O) groups is 2. The molecular weight excluding hydrogens is 395 g/mol. The second kappa shape index (κ2) is 8.20. The summed E-state index contributed by atoms with van der Waals surface area (Å²) in [5.74, 6) is -0.606. The lowest BCUT2D eigenvalue weighted by Crippen LogP contribution is -2.25. The SMILES string of the molecule is CC(=O)N1CCc2cc(C(=O)Nc3cc(CN)cc(C(F)(F)F)c3)ccc21.Cl. The van der Waals surface area contributed by atoms with Crippen LogP contribution in [-0.2, 0) is 23.9 Å². The molecule has 0 fully saturated rings. The Morgan fingerprint density at radius 2 is 1.89 bits per heavy atom. The second-order valence-corrected chi connectivity index (χ2v) is 6.34. The number of nitrogens with two attached hydrogens (primary N) is 1. The maximum atomic E-state index is 13.0. The zero-order valence-corrected chi connectivity index (χ0v) is 15.8. The first-order chi connectivity index (χ1) is 12.7. The Labute approximate surface area is 166 Å². The molecule has 2 amide bonds. The summed E-state index contributed by atoms with van der Waals surface area (Å²) in [4.78, 5) is 25.7. The van der Waals surface area contributed by atoms with Crippen LogP contribution in [0.2, 0.25) is 0 Å². The van der Waals surface area contributed by atoms with Crippen LogP contribution in [-0.4, -0.2) is 18.4 Å². The minimum atomic E-state index is -4.53. The number of amides is 2. The van der Waals surface area contributed by atoms with Crippen molar-refractivity contribution in [2.45, 2.75) is 26.1 Å². The maximum Gasteiger partial charge on any atom is 0.416 e. The predicted octanol–water partition coefficient (Wildman–Crippen LogP) is 3.75. The fourth-order valence-electron chi connectivity index (χ4n) is 3.12.